The van der Waals surface area contributed by atoms with E-state index in [1.54, 1.807) is 4.90 Å². The van der Waals surface area contributed by atoms with Crippen LogP contribution in [0.4, 0.5) is 5.69 Å². The molecule has 25 heavy (non-hydrogen) atoms. The maximum absolute atomic E-state index is 12.1. The molecule has 132 valence electrons. The molecule has 0 saturated carbocycles. The summed E-state index contributed by atoms with van der Waals surface area (Å²) in [4.78, 5) is 25.6. The Labute approximate surface area is 148 Å². The molecule has 0 radical (unpaired) electrons. The molecule has 0 saturated heterocycles. The van der Waals surface area contributed by atoms with Gasteiger partial charge in [-0.1, -0.05) is 42.5 Å². The van der Waals surface area contributed by atoms with Crippen LogP contribution in [0.15, 0.2) is 54.6 Å². The Morgan fingerprint density at radius 3 is 2.28 bits per heavy atom. The molecule has 0 heterocycles. The van der Waals surface area contributed by atoms with Gasteiger partial charge in [-0.05, 0) is 29.7 Å². The molecule has 0 aliphatic carbocycles. The van der Waals surface area contributed by atoms with Gasteiger partial charge in [-0.2, -0.15) is 0 Å². The Balaban J connectivity index is 1.85. The summed E-state index contributed by atoms with van der Waals surface area (Å²) in [5.41, 5.74) is 2.77. The van der Waals surface area contributed by atoms with Crippen molar-refractivity contribution in [2.45, 2.75) is 26.3 Å². The lowest BCUT2D eigenvalue weighted by Gasteiger charge is -2.21. The van der Waals surface area contributed by atoms with Crippen LogP contribution < -0.4 is 5.32 Å². The number of anilines is 1. The van der Waals surface area contributed by atoms with Crippen LogP contribution >= 0.6 is 0 Å². The maximum Gasteiger partial charge on any atom is 0.226 e. The molecule has 0 bridgehead atoms. The molecule has 5 heteroatoms. The second kappa shape index (κ2) is 9.59. The fourth-order valence-electron chi connectivity index (χ4n) is 2.50. The fraction of sp³-hybridized carbons (Fsp3) is 0.300. The van der Waals surface area contributed by atoms with Crippen LogP contribution in [0.1, 0.15) is 24.5 Å². The lowest BCUT2D eigenvalue weighted by molar-refractivity contribution is -0.129. The van der Waals surface area contributed by atoms with Gasteiger partial charge in [0.25, 0.3) is 0 Å². The highest BCUT2D eigenvalue weighted by molar-refractivity contribution is 5.91. The smallest absolute Gasteiger partial charge is 0.226 e. The van der Waals surface area contributed by atoms with Gasteiger partial charge in [-0.3, -0.25) is 9.59 Å². The van der Waals surface area contributed by atoms with Crippen LogP contribution in [0.2, 0.25) is 0 Å². The predicted molar refractivity (Wildman–Crippen MR) is 98.0 cm³/mol. The van der Waals surface area contributed by atoms with Crippen molar-refractivity contribution in [3.05, 3.63) is 65.7 Å². The van der Waals surface area contributed by atoms with Crippen LogP contribution in [-0.2, 0) is 22.6 Å². The molecule has 0 spiro atoms. The Kier molecular flexibility index (Phi) is 7.16. The fourth-order valence-corrected chi connectivity index (χ4v) is 2.50. The summed E-state index contributed by atoms with van der Waals surface area (Å²) >= 11 is 0. The van der Waals surface area contributed by atoms with E-state index in [4.69, 9.17) is 5.11 Å². The second-order valence-corrected chi connectivity index (χ2v) is 5.89. The van der Waals surface area contributed by atoms with Crippen molar-refractivity contribution < 1.29 is 14.7 Å². The van der Waals surface area contributed by atoms with E-state index in [0.29, 0.717) is 25.2 Å². The molecule has 0 atom stereocenters. The van der Waals surface area contributed by atoms with Gasteiger partial charge in [0.1, 0.15) is 0 Å². The van der Waals surface area contributed by atoms with Crippen LogP contribution in [-0.4, -0.2) is 35.0 Å². The molecule has 0 fully saturated rings. The van der Waals surface area contributed by atoms with E-state index >= 15 is 0 Å². The number of nitrogens with one attached hydrogen (secondary N) is 1. The highest BCUT2D eigenvalue weighted by Gasteiger charge is 2.12. The normalized spacial score (nSPS) is 10.3. The molecule has 0 aliphatic rings. The van der Waals surface area contributed by atoms with Gasteiger partial charge < -0.3 is 15.3 Å². The second-order valence-electron chi connectivity index (χ2n) is 5.89. The summed E-state index contributed by atoms with van der Waals surface area (Å²) in [5.74, 6) is -0.181. The van der Waals surface area contributed by atoms with E-state index in [-0.39, 0.29) is 24.8 Å². The highest BCUT2D eigenvalue weighted by Crippen LogP contribution is 2.11. The minimum atomic E-state index is -0.130. The summed E-state index contributed by atoms with van der Waals surface area (Å²) in [6.07, 6.45) is 0.839. The molecule has 2 rings (SSSR count). The number of rotatable bonds is 8. The van der Waals surface area contributed by atoms with E-state index in [9.17, 15) is 9.59 Å². The third-order valence-corrected chi connectivity index (χ3v) is 3.91. The standard InChI is InChI=1S/C20H24N2O3/c1-16(24)22(15-18-5-3-2-4-6-18)13-11-20(25)21-19-9-7-17(8-10-19)12-14-23/h2-10,23H,11-15H2,1H3,(H,21,25). The van der Waals surface area contributed by atoms with Crippen LogP contribution in [0.3, 0.4) is 0 Å². The first kappa shape index (κ1) is 18.7. The van der Waals surface area contributed by atoms with Gasteiger partial charge in [-0.15, -0.1) is 0 Å². The van der Waals surface area contributed by atoms with E-state index in [1.807, 2.05) is 54.6 Å². The molecule has 0 aromatic heterocycles. The molecular weight excluding hydrogens is 316 g/mol. The van der Waals surface area contributed by atoms with E-state index in [0.717, 1.165) is 11.1 Å². The lowest BCUT2D eigenvalue weighted by atomic mass is 10.1. The first-order valence-corrected chi connectivity index (χ1v) is 8.37. The van der Waals surface area contributed by atoms with Gasteiger partial charge >= 0.3 is 0 Å². The number of benzene rings is 2. The third-order valence-electron chi connectivity index (χ3n) is 3.91. The Morgan fingerprint density at radius 2 is 1.68 bits per heavy atom. The molecule has 2 N–H and O–H groups in total. The number of aliphatic hydroxyl groups is 1. The van der Waals surface area contributed by atoms with Crippen molar-refractivity contribution in [2.24, 2.45) is 0 Å². The molecule has 0 unspecified atom stereocenters. The number of amides is 2. The maximum atomic E-state index is 12.1. The number of carbonyl (C=O) groups excluding carboxylic acids is 2. The number of hydrogen-bond acceptors (Lipinski definition) is 3. The highest BCUT2D eigenvalue weighted by atomic mass is 16.3. The number of nitrogens with zero attached hydrogens (tertiary/aromatic N) is 1. The Bertz CT molecular complexity index is 684. The first-order valence-electron chi connectivity index (χ1n) is 8.37. The average Bonchev–Trinajstić information content (AvgIpc) is 2.61. The lowest BCUT2D eigenvalue weighted by Crippen LogP contribution is -2.31. The summed E-state index contributed by atoms with van der Waals surface area (Å²) < 4.78 is 0. The zero-order valence-electron chi connectivity index (χ0n) is 14.4. The minimum Gasteiger partial charge on any atom is -0.396 e. The largest absolute Gasteiger partial charge is 0.396 e. The number of carbonyl (C=O) groups is 2. The third kappa shape index (κ3) is 6.39. The van der Waals surface area contributed by atoms with Crippen LogP contribution in [0, 0.1) is 0 Å². The Hall–Kier alpha value is -2.66. The van der Waals surface area contributed by atoms with E-state index in [1.165, 1.54) is 6.92 Å². The zero-order valence-corrected chi connectivity index (χ0v) is 14.4. The summed E-state index contributed by atoms with van der Waals surface area (Å²) in [6, 6.07) is 17.1. The summed E-state index contributed by atoms with van der Waals surface area (Å²) in [5, 5.41) is 11.7. The van der Waals surface area contributed by atoms with Crippen molar-refractivity contribution in [3.63, 3.8) is 0 Å². The average molecular weight is 340 g/mol. The SMILES string of the molecule is CC(=O)N(CCC(=O)Nc1ccc(CCO)cc1)Cc1ccccc1. The van der Waals surface area contributed by atoms with Crippen molar-refractivity contribution >= 4 is 17.5 Å². The molecule has 5 nitrogen and oxygen atoms in total. The predicted octanol–water partition coefficient (Wildman–Crippen LogP) is 2.60. The monoisotopic (exact) mass is 340 g/mol. The summed E-state index contributed by atoms with van der Waals surface area (Å²) in [6.45, 7) is 2.49. The molecule has 2 amide bonds. The van der Waals surface area contributed by atoms with Crippen molar-refractivity contribution in [2.75, 3.05) is 18.5 Å². The number of hydrogen-bond donors (Lipinski definition) is 2. The number of aliphatic hydroxyl groups excluding tert-OH is 1. The molecular formula is C20H24N2O3. The minimum absolute atomic E-state index is 0.0509. The molecule has 2 aromatic rings. The van der Waals surface area contributed by atoms with Gasteiger partial charge in [0.15, 0.2) is 0 Å². The molecule has 0 aliphatic heterocycles. The summed E-state index contributed by atoms with van der Waals surface area (Å²) in [7, 11) is 0. The zero-order chi connectivity index (χ0) is 18.1. The van der Waals surface area contributed by atoms with Crippen molar-refractivity contribution in [3.8, 4) is 0 Å². The molecule has 2 aromatic carbocycles. The van der Waals surface area contributed by atoms with E-state index < -0.39 is 0 Å². The van der Waals surface area contributed by atoms with Crippen molar-refractivity contribution in [1.29, 1.82) is 0 Å². The van der Waals surface area contributed by atoms with Gasteiger partial charge in [-0.25, -0.2) is 0 Å². The quantitative estimate of drug-likeness (QED) is 0.776. The van der Waals surface area contributed by atoms with Gasteiger partial charge in [0.05, 0.1) is 0 Å². The van der Waals surface area contributed by atoms with E-state index in [2.05, 4.69) is 5.32 Å². The van der Waals surface area contributed by atoms with Crippen molar-refractivity contribution in [1.82, 2.24) is 4.90 Å². The van der Waals surface area contributed by atoms with Crippen LogP contribution in [0.25, 0.3) is 0 Å². The van der Waals surface area contributed by atoms with Gasteiger partial charge in [0.2, 0.25) is 11.8 Å². The van der Waals surface area contributed by atoms with Gasteiger partial charge in [0, 0.05) is 38.7 Å². The topological polar surface area (TPSA) is 69.6 Å². The Morgan fingerprint density at radius 1 is 1.00 bits per heavy atom. The first-order chi connectivity index (χ1) is 12.1. The van der Waals surface area contributed by atoms with Crippen LogP contribution in [0.5, 0.6) is 0 Å².